The molecule has 4 nitrogen and oxygen atoms in total. The molecular weight excluding hydrogens is 360 g/mol. The van der Waals surface area contributed by atoms with Crippen LogP contribution in [0, 0.1) is 5.92 Å². The average Bonchev–Trinajstić information content (AvgIpc) is 3.58. The highest BCUT2D eigenvalue weighted by molar-refractivity contribution is 5.80. The second kappa shape index (κ2) is 8.93. The number of aliphatic hydroxyl groups is 1. The van der Waals surface area contributed by atoms with Crippen LogP contribution in [-0.2, 0) is 11.3 Å². The third kappa shape index (κ3) is 4.44. The first-order chi connectivity index (χ1) is 14.2. The summed E-state index contributed by atoms with van der Waals surface area (Å²) in [4.78, 5) is 14.6. The molecule has 152 valence electrons. The summed E-state index contributed by atoms with van der Waals surface area (Å²) in [7, 11) is 0. The summed E-state index contributed by atoms with van der Waals surface area (Å²) in [6.45, 7) is 3.53. The first kappa shape index (κ1) is 19.9. The topological polar surface area (TPSA) is 52.6 Å². The van der Waals surface area contributed by atoms with Crippen molar-refractivity contribution >= 4 is 12.0 Å². The number of nitrogens with one attached hydrogen (secondary N) is 1. The van der Waals surface area contributed by atoms with E-state index in [4.69, 9.17) is 0 Å². The van der Waals surface area contributed by atoms with Crippen molar-refractivity contribution in [3.63, 3.8) is 0 Å². The molecule has 3 atom stereocenters. The molecule has 29 heavy (non-hydrogen) atoms. The van der Waals surface area contributed by atoms with E-state index < -0.39 is 0 Å². The molecule has 1 aliphatic heterocycles. The van der Waals surface area contributed by atoms with E-state index in [0.29, 0.717) is 6.54 Å². The van der Waals surface area contributed by atoms with E-state index in [0.717, 1.165) is 19.4 Å². The predicted molar refractivity (Wildman–Crippen MR) is 116 cm³/mol. The van der Waals surface area contributed by atoms with Crippen LogP contribution in [0.25, 0.3) is 6.08 Å². The first-order valence-electron chi connectivity index (χ1n) is 10.6. The lowest BCUT2D eigenvalue weighted by Crippen LogP contribution is -2.66. The minimum absolute atomic E-state index is 0.0607. The van der Waals surface area contributed by atoms with E-state index in [2.05, 4.69) is 52.7 Å². The number of benzene rings is 2. The number of carbonyl (C=O) groups excluding carboxylic acids is 1. The fourth-order valence-corrected chi connectivity index (χ4v) is 4.47. The quantitative estimate of drug-likeness (QED) is 0.724. The Balaban J connectivity index is 1.54. The third-order valence-electron chi connectivity index (χ3n) is 6.19. The Hall–Kier alpha value is -2.43. The molecule has 1 heterocycles. The minimum Gasteiger partial charge on any atom is -0.395 e. The Morgan fingerprint density at radius 1 is 1.10 bits per heavy atom. The lowest BCUT2D eigenvalue weighted by atomic mass is 9.74. The third-order valence-corrected chi connectivity index (χ3v) is 6.19. The molecule has 4 heteroatoms. The van der Waals surface area contributed by atoms with E-state index in [1.54, 1.807) is 0 Å². The molecule has 0 unspecified atom stereocenters. The number of hydrogen-bond acceptors (Lipinski definition) is 3. The molecule has 2 aromatic rings. The molecule has 2 aromatic carbocycles. The molecule has 1 aliphatic carbocycles. The Bertz CT molecular complexity index is 843. The summed E-state index contributed by atoms with van der Waals surface area (Å²) < 4.78 is 0. The standard InChI is InChI=1S/C25H30N2O2/c1-2-6-18-9-11-20(12-10-18)24-22(15-26-25(29)21-13-14-21)27(23(24)17-28)16-19-7-4-3-5-8-19/h2-12,21-24,28H,13-17H2,1H3,(H,26,29)/b6-2+/t22-,23+,24+/m0/s1. The molecule has 0 radical (unpaired) electrons. The largest absolute Gasteiger partial charge is 0.395 e. The van der Waals surface area contributed by atoms with Crippen LogP contribution in [0.15, 0.2) is 60.7 Å². The molecule has 1 amide bonds. The van der Waals surface area contributed by atoms with E-state index in [1.165, 1.54) is 16.7 Å². The Kier molecular flexibility index (Phi) is 6.12. The van der Waals surface area contributed by atoms with Crippen LogP contribution in [0.5, 0.6) is 0 Å². The molecule has 2 N–H and O–H groups in total. The van der Waals surface area contributed by atoms with E-state index in [-0.39, 0.29) is 36.4 Å². The van der Waals surface area contributed by atoms with Gasteiger partial charge in [0.05, 0.1) is 6.61 Å². The fraction of sp³-hybridized carbons (Fsp3) is 0.400. The highest BCUT2D eigenvalue weighted by Gasteiger charge is 2.48. The van der Waals surface area contributed by atoms with Gasteiger partial charge in [0.25, 0.3) is 0 Å². The van der Waals surface area contributed by atoms with E-state index in [1.807, 2.05) is 31.2 Å². The van der Waals surface area contributed by atoms with Gasteiger partial charge < -0.3 is 10.4 Å². The second-order valence-corrected chi connectivity index (χ2v) is 8.19. The molecule has 4 rings (SSSR count). The lowest BCUT2D eigenvalue weighted by Gasteiger charge is -2.55. The van der Waals surface area contributed by atoms with Gasteiger partial charge in [0.1, 0.15) is 0 Å². The van der Waals surface area contributed by atoms with Crippen molar-refractivity contribution in [1.82, 2.24) is 10.2 Å². The highest BCUT2D eigenvalue weighted by Crippen LogP contribution is 2.41. The predicted octanol–water partition coefficient (Wildman–Crippen LogP) is 3.57. The summed E-state index contributed by atoms with van der Waals surface area (Å²) in [5.41, 5.74) is 3.63. The Morgan fingerprint density at radius 3 is 2.45 bits per heavy atom. The van der Waals surface area contributed by atoms with Gasteiger partial charge in [-0.1, -0.05) is 66.7 Å². The summed E-state index contributed by atoms with van der Waals surface area (Å²) in [6, 6.07) is 19.2. The van der Waals surface area contributed by atoms with Crippen molar-refractivity contribution in [2.24, 2.45) is 5.92 Å². The maximum absolute atomic E-state index is 12.2. The van der Waals surface area contributed by atoms with Crippen LogP contribution in [0.1, 0.15) is 42.4 Å². The normalized spacial score (nSPS) is 24.4. The fourth-order valence-electron chi connectivity index (χ4n) is 4.47. The number of nitrogens with zero attached hydrogens (tertiary/aromatic N) is 1. The van der Waals surface area contributed by atoms with E-state index >= 15 is 0 Å². The Morgan fingerprint density at radius 2 is 1.83 bits per heavy atom. The molecule has 0 bridgehead atoms. The van der Waals surface area contributed by atoms with Crippen molar-refractivity contribution < 1.29 is 9.90 Å². The average molecular weight is 391 g/mol. The van der Waals surface area contributed by atoms with Crippen LogP contribution >= 0.6 is 0 Å². The zero-order chi connectivity index (χ0) is 20.2. The van der Waals surface area contributed by atoms with Crippen LogP contribution in [0.4, 0.5) is 0 Å². The van der Waals surface area contributed by atoms with Gasteiger partial charge in [-0.25, -0.2) is 0 Å². The van der Waals surface area contributed by atoms with Crippen molar-refractivity contribution in [3.8, 4) is 0 Å². The summed E-state index contributed by atoms with van der Waals surface area (Å²) >= 11 is 0. The molecule has 2 fully saturated rings. The smallest absolute Gasteiger partial charge is 0.223 e. The summed E-state index contributed by atoms with van der Waals surface area (Å²) in [5.74, 6) is 0.604. The van der Waals surface area contributed by atoms with Crippen LogP contribution in [0.3, 0.4) is 0 Å². The summed E-state index contributed by atoms with van der Waals surface area (Å²) in [5, 5.41) is 13.3. The number of likely N-dealkylation sites (tertiary alicyclic amines) is 1. The lowest BCUT2D eigenvalue weighted by molar-refractivity contribution is -0.123. The molecule has 0 aromatic heterocycles. The maximum Gasteiger partial charge on any atom is 0.223 e. The van der Waals surface area contributed by atoms with Crippen molar-refractivity contribution in [2.75, 3.05) is 13.2 Å². The van der Waals surface area contributed by atoms with Crippen LogP contribution in [0.2, 0.25) is 0 Å². The zero-order valence-corrected chi connectivity index (χ0v) is 17.0. The molecular formula is C25H30N2O2. The van der Waals surface area contributed by atoms with Crippen molar-refractivity contribution in [2.45, 2.75) is 44.3 Å². The Labute approximate surface area is 173 Å². The minimum atomic E-state index is 0.0607. The van der Waals surface area contributed by atoms with Crippen LogP contribution < -0.4 is 5.32 Å². The molecule has 0 spiro atoms. The van der Waals surface area contributed by atoms with Crippen LogP contribution in [-0.4, -0.2) is 41.1 Å². The maximum atomic E-state index is 12.2. The van der Waals surface area contributed by atoms with Gasteiger partial charge in [0.15, 0.2) is 0 Å². The molecule has 1 saturated carbocycles. The monoisotopic (exact) mass is 390 g/mol. The van der Waals surface area contributed by atoms with Gasteiger partial charge in [0.2, 0.25) is 5.91 Å². The first-order valence-corrected chi connectivity index (χ1v) is 10.6. The van der Waals surface area contributed by atoms with Gasteiger partial charge >= 0.3 is 0 Å². The zero-order valence-electron chi connectivity index (χ0n) is 17.0. The summed E-state index contributed by atoms with van der Waals surface area (Å²) in [6.07, 6.45) is 6.15. The van der Waals surface area contributed by atoms with Gasteiger partial charge in [-0.2, -0.15) is 0 Å². The van der Waals surface area contributed by atoms with Crippen molar-refractivity contribution in [3.05, 3.63) is 77.4 Å². The number of aliphatic hydroxyl groups excluding tert-OH is 1. The number of amides is 1. The van der Waals surface area contributed by atoms with Crippen molar-refractivity contribution in [1.29, 1.82) is 0 Å². The molecule has 1 saturated heterocycles. The molecule has 2 aliphatic rings. The highest BCUT2D eigenvalue weighted by atomic mass is 16.3. The number of rotatable bonds is 8. The SMILES string of the molecule is C/C=C/c1ccc([C@H]2[C@@H](CO)N(Cc3ccccc3)[C@H]2CNC(=O)C2CC2)cc1. The number of allylic oxidation sites excluding steroid dienone is 1. The number of carbonyl (C=O) groups is 1. The van der Waals surface area contributed by atoms with Gasteiger partial charge in [-0.3, -0.25) is 9.69 Å². The van der Waals surface area contributed by atoms with Gasteiger partial charge in [-0.15, -0.1) is 0 Å². The second-order valence-electron chi connectivity index (χ2n) is 8.19. The van der Waals surface area contributed by atoms with Gasteiger partial charge in [0, 0.05) is 37.0 Å². The van der Waals surface area contributed by atoms with Gasteiger partial charge in [-0.05, 0) is 36.5 Å². The van der Waals surface area contributed by atoms with E-state index in [9.17, 15) is 9.90 Å². The number of hydrogen-bond donors (Lipinski definition) is 2.